The lowest BCUT2D eigenvalue weighted by molar-refractivity contribution is 0.135. The summed E-state index contributed by atoms with van der Waals surface area (Å²) in [5, 5.41) is 0. The predicted molar refractivity (Wildman–Crippen MR) is 92.5 cm³/mol. The molecule has 2 heteroatoms. The van der Waals surface area contributed by atoms with Gasteiger partial charge in [-0.3, -0.25) is 0 Å². The van der Waals surface area contributed by atoms with Crippen molar-refractivity contribution in [2.45, 2.75) is 38.4 Å². The van der Waals surface area contributed by atoms with Crippen LogP contribution in [0, 0.1) is 0 Å². The quantitative estimate of drug-likeness (QED) is 0.809. The minimum absolute atomic E-state index is 0.324. The Morgan fingerprint density at radius 2 is 1.91 bits per heavy atom. The fourth-order valence-electron chi connectivity index (χ4n) is 3.49. The van der Waals surface area contributed by atoms with Crippen molar-refractivity contribution in [3.8, 4) is 5.75 Å². The van der Waals surface area contributed by atoms with Crippen LogP contribution in [0.3, 0.4) is 0 Å². The van der Waals surface area contributed by atoms with E-state index in [9.17, 15) is 0 Å². The van der Waals surface area contributed by atoms with E-state index >= 15 is 0 Å². The van der Waals surface area contributed by atoms with Crippen LogP contribution in [0.5, 0.6) is 5.75 Å². The fraction of sp³-hybridized carbons (Fsp3) is 0.333. The maximum atomic E-state index is 6.12. The summed E-state index contributed by atoms with van der Waals surface area (Å²) in [6.45, 7) is 1.52. The summed E-state index contributed by atoms with van der Waals surface area (Å²) in [7, 11) is 0. The summed E-state index contributed by atoms with van der Waals surface area (Å²) in [5.74, 6) is 0.988. The predicted octanol–water partition coefficient (Wildman–Crippen LogP) is 4.77. The monoisotopic (exact) mass is 306 g/mol. The highest BCUT2D eigenvalue weighted by molar-refractivity contribution is 5.66. The van der Waals surface area contributed by atoms with Crippen LogP contribution in [-0.2, 0) is 17.8 Å². The van der Waals surface area contributed by atoms with Crippen molar-refractivity contribution in [2.75, 3.05) is 6.61 Å². The highest BCUT2D eigenvalue weighted by Gasteiger charge is 2.23. The molecule has 2 aliphatic rings. The van der Waals surface area contributed by atoms with Gasteiger partial charge in [0.1, 0.15) is 12.4 Å². The topological polar surface area (TPSA) is 18.5 Å². The summed E-state index contributed by atoms with van der Waals surface area (Å²) in [4.78, 5) is 0. The van der Waals surface area contributed by atoms with Crippen LogP contribution in [-0.4, -0.2) is 12.7 Å². The molecule has 1 saturated heterocycles. The van der Waals surface area contributed by atoms with Crippen molar-refractivity contribution in [3.05, 3.63) is 70.8 Å². The summed E-state index contributed by atoms with van der Waals surface area (Å²) in [5.41, 5.74) is 5.27. The summed E-state index contributed by atoms with van der Waals surface area (Å²) in [6, 6.07) is 16.7. The van der Waals surface area contributed by atoms with Crippen LogP contribution in [0.15, 0.2) is 54.1 Å². The van der Waals surface area contributed by atoms with Crippen LogP contribution in [0.25, 0.3) is 6.08 Å². The number of rotatable bonds is 4. The Morgan fingerprint density at radius 3 is 2.74 bits per heavy atom. The highest BCUT2D eigenvalue weighted by atomic mass is 16.5. The molecule has 1 heterocycles. The number of hydrogen-bond acceptors (Lipinski definition) is 2. The number of aryl methyl sites for hydroxylation is 1. The smallest absolute Gasteiger partial charge is 0.127 e. The first-order valence-corrected chi connectivity index (χ1v) is 8.51. The summed E-state index contributed by atoms with van der Waals surface area (Å²) >= 11 is 0. The average Bonchev–Trinajstić information content (AvgIpc) is 3.15. The van der Waals surface area contributed by atoms with Crippen LogP contribution in [0.4, 0.5) is 0 Å². The van der Waals surface area contributed by atoms with E-state index in [2.05, 4.69) is 48.5 Å². The molecule has 0 bridgehead atoms. The zero-order valence-corrected chi connectivity index (χ0v) is 13.3. The van der Waals surface area contributed by atoms with Crippen molar-refractivity contribution in [2.24, 2.45) is 0 Å². The van der Waals surface area contributed by atoms with E-state index in [1.165, 1.54) is 28.7 Å². The molecule has 0 spiro atoms. The minimum Gasteiger partial charge on any atom is -0.488 e. The van der Waals surface area contributed by atoms with Gasteiger partial charge in [-0.05, 0) is 54.5 Å². The molecule has 1 aliphatic carbocycles. The van der Waals surface area contributed by atoms with Crippen LogP contribution in [0.2, 0.25) is 0 Å². The van der Waals surface area contributed by atoms with Gasteiger partial charge < -0.3 is 9.47 Å². The Balaban J connectivity index is 1.57. The van der Waals surface area contributed by atoms with E-state index in [1.54, 1.807) is 0 Å². The van der Waals surface area contributed by atoms with Gasteiger partial charge in [0.15, 0.2) is 0 Å². The van der Waals surface area contributed by atoms with Gasteiger partial charge in [-0.2, -0.15) is 0 Å². The molecule has 0 N–H and O–H groups in total. The first-order chi connectivity index (χ1) is 11.4. The molecule has 0 saturated carbocycles. The molecule has 2 aromatic carbocycles. The van der Waals surface area contributed by atoms with Crippen LogP contribution in [0.1, 0.15) is 36.0 Å². The molecule has 118 valence electrons. The third kappa shape index (κ3) is 3.18. The Bertz CT molecular complexity index is 697. The summed E-state index contributed by atoms with van der Waals surface area (Å²) in [6.07, 6.45) is 7.18. The van der Waals surface area contributed by atoms with E-state index in [-0.39, 0.29) is 0 Å². The molecule has 2 aromatic rings. The van der Waals surface area contributed by atoms with Crippen molar-refractivity contribution in [3.63, 3.8) is 0 Å². The van der Waals surface area contributed by atoms with Gasteiger partial charge >= 0.3 is 0 Å². The molecule has 2 nitrogen and oxygen atoms in total. The molecule has 0 aromatic heterocycles. The first kappa shape index (κ1) is 14.5. The highest BCUT2D eigenvalue weighted by Crippen LogP contribution is 2.35. The average molecular weight is 306 g/mol. The van der Waals surface area contributed by atoms with Gasteiger partial charge in [0, 0.05) is 12.2 Å². The number of ether oxygens (including phenoxy) is 2. The molecule has 4 rings (SSSR count). The molecular weight excluding hydrogens is 284 g/mol. The van der Waals surface area contributed by atoms with Crippen molar-refractivity contribution in [1.29, 1.82) is 0 Å². The molecule has 1 aliphatic heterocycles. The maximum absolute atomic E-state index is 6.12. The zero-order chi connectivity index (χ0) is 15.5. The number of hydrogen-bond donors (Lipinski definition) is 0. The van der Waals surface area contributed by atoms with E-state index < -0.39 is 0 Å². The van der Waals surface area contributed by atoms with Gasteiger partial charge in [0.25, 0.3) is 0 Å². The lowest BCUT2D eigenvalue weighted by Gasteiger charge is -2.22. The third-order valence-electron chi connectivity index (χ3n) is 4.75. The number of fused-ring (bicyclic) bond motifs is 1. The van der Waals surface area contributed by atoms with Crippen molar-refractivity contribution < 1.29 is 9.47 Å². The molecular formula is C21H22O2. The lowest BCUT2D eigenvalue weighted by Crippen LogP contribution is -2.13. The molecule has 0 radical (unpaired) electrons. The van der Waals surface area contributed by atoms with Crippen molar-refractivity contribution in [1.82, 2.24) is 0 Å². The first-order valence-electron chi connectivity index (χ1n) is 8.51. The second-order valence-electron chi connectivity index (χ2n) is 6.32. The maximum Gasteiger partial charge on any atom is 0.127 e. The van der Waals surface area contributed by atoms with E-state index in [0.29, 0.717) is 12.7 Å². The standard InChI is InChI=1S/C21H22O2/c1-2-6-16(7-3-1)15-23-21-9-4-8-17-11-12-18(14-19(17)21)20-10-5-13-22-20/h1-4,6-9,14,20H,5,10-13,15H2. The van der Waals surface area contributed by atoms with Gasteiger partial charge in [0.05, 0.1) is 6.10 Å². The Kier molecular flexibility index (Phi) is 4.16. The van der Waals surface area contributed by atoms with Crippen molar-refractivity contribution >= 4 is 6.08 Å². The molecule has 1 fully saturated rings. The van der Waals surface area contributed by atoms with Crippen LogP contribution >= 0.6 is 0 Å². The van der Waals surface area contributed by atoms with Crippen LogP contribution < -0.4 is 4.74 Å². The second kappa shape index (κ2) is 6.59. The van der Waals surface area contributed by atoms with E-state index in [0.717, 1.165) is 31.6 Å². The lowest BCUT2D eigenvalue weighted by atomic mass is 9.88. The van der Waals surface area contributed by atoms with E-state index in [4.69, 9.17) is 9.47 Å². The minimum atomic E-state index is 0.324. The normalized spacial score (nSPS) is 20.0. The van der Waals surface area contributed by atoms with Gasteiger partial charge in [0.2, 0.25) is 0 Å². The Hall–Kier alpha value is -2.06. The molecule has 23 heavy (non-hydrogen) atoms. The van der Waals surface area contributed by atoms with Gasteiger partial charge in [-0.25, -0.2) is 0 Å². The molecule has 1 atom stereocenters. The second-order valence-corrected chi connectivity index (χ2v) is 6.32. The summed E-state index contributed by atoms with van der Waals surface area (Å²) < 4.78 is 12.0. The third-order valence-corrected chi connectivity index (χ3v) is 4.75. The van der Waals surface area contributed by atoms with E-state index in [1.807, 2.05) is 6.07 Å². The fourth-order valence-corrected chi connectivity index (χ4v) is 3.49. The largest absolute Gasteiger partial charge is 0.488 e. The molecule has 1 unspecified atom stereocenters. The Morgan fingerprint density at radius 1 is 1.00 bits per heavy atom. The Labute approximate surface area is 137 Å². The molecule has 0 amide bonds. The van der Waals surface area contributed by atoms with Gasteiger partial charge in [-0.15, -0.1) is 0 Å². The number of benzene rings is 2. The zero-order valence-electron chi connectivity index (χ0n) is 13.3. The SMILES string of the molecule is C1=C(C2CCCO2)CCc2cccc(OCc3ccccc3)c21. The van der Waals surface area contributed by atoms with Gasteiger partial charge in [-0.1, -0.05) is 42.5 Å².